The van der Waals surface area contributed by atoms with Gasteiger partial charge in [0.15, 0.2) is 5.15 Å². The number of aryl methyl sites for hydroxylation is 1. The molecular weight excluding hydrogens is 228 g/mol. The molecule has 0 saturated heterocycles. The lowest BCUT2D eigenvalue weighted by Gasteiger charge is -1.97. The Labute approximate surface area is 96.8 Å². The molecule has 0 atom stereocenters. The number of nitrogens with zero attached hydrogens (tertiary/aromatic N) is 2. The smallest absolute Gasteiger partial charge is 0.328 e. The van der Waals surface area contributed by atoms with Crippen molar-refractivity contribution in [2.75, 3.05) is 0 Å². The number of hydrogen-bond donors (Lipinski definition) is 1. The first kappa shape index (κ1) is 10.7. The van der Waals surface area contributed by atoms with Crippen LogP contribution >= 0.6 is 11.6 Å². The van der Waals surface area contributed by atoms with Crippen LogP contribution in [-0.4, -0.2) is 20.5 Å². The van der Waals surface area contributed by atoms with Gasteiger partial charge in [0, 0.05) is 12.3 Å². The molecule has 5 heteroatoms. The lowest BCUT2D eigenvalue weighted by atomic mass is 10.3. The summed E-state index contributed by atoms with van der Waals surface area (Å²) in [5.41, 5.74) is 2.31. The molecule has 0 fully saturated rings. The molecular formula is C11H9ClN2O2. The molecule has 0 aliphatic carbocycles. The minimum atomic E-state index is -1.02. The second-order valence-electron chi connectivity index (χ2n) is 3.39. The monoisotopic (exact) mass is 236 g/mol. The van der Waals surface area contributed by atoms with Crippen molar-refractivity contribution < 1.29 is 9.90 Å². The zero-order valence-corrected chi connectivity index (χ0v) is 9.27. The van der Waals surface area contributed by atoms with Gasteiger partial charge >= 0.3 is 5.97 Å². The average molecular weight is 237 g/mol. The zero-order chi connectivity index (χ0) is 11.7. The molecule has 16 heavy (non-hydrogen) atoms. The molecule has 82 valence electrons. The lowest BCUT2D eigenvalue weighted by Crippen LogP contribution is -1.90. The van der Waals surface area contributed by atoms with Crippen molar-refractivity contribution in [1.82, 2.24) is 9.38 Å². The van der Waals surface area contributed by atoms with Gasteiger partial charge in [-0.2, -0.15) is 0 Å². The van der Waals surface area contributed by atoms with Crippen LogP contribution in [0.2, 0.25) is 5.15 Å². The van der Waals surface area contributed by atoms with Crippen molar-refractivity contribution in [2.24, 2.45) is 0 Å². The van der Waals surface area contributed by atoms with Gasteiger partial charge in [0.05, 0.1) is 5.69 Å². The van der Waals surface area contributed by atoms with Crippen LogP contribution in [0.3, 0.4) is 0 Å². The Morgan fingerprint density at radius 2 is 2.31 bits per heavy atom. The Balaban J connectivity index is 2.62. The highest BCUT2D eigenvalue weighted by Gasteiger charge is 2.07. The van der Waals surface area contributed by atoms with Crippen LogP contribution in [0.25, 0.3) is 11.7 Å². The van der Waals surface area contributed by atoms with Gasteiger partial charge in [0.1, 0.15) is 5.65 Å². The van der Waals surface area contributed by atoms with Crippen molar-refractivity contribution >= 4 is 29.3 Å². The molecule has 0 aliphatic heterocycles. The zero-order valence-electron chi connectivity index (χ0n) is 8.51. The second-order valence-corrected chi connectivity index (χ2v) is 3.75. The summed E-state index contributed by atoms with van der Waals surface area (Å²) in [7, 11) is 0. The maximum atomic E-state index is 10.4. The van der Waals surface area contributed by atoms with Gasteiger partial charge in [-0.05, 0) is 24.6 Å². The minimum absolute atomic E-state index is 0.295. The topological polar surface area (TPSA) is 54.6 Å². The van der Waals surface area contributed by atoms with Gasteiger partial charge in [0.25, 0.3) is 0 Å². The van der Waals surface area contributed by atoms with Crippen LogP contribution < -0.4 is 0 Å². The third-order valence-corrected chi connectivity index (χ3v) is 2.42. The van der Waals surface area contributed by atoms with E-state index in [1.165, 1.54) is 6.08 Å². The molecule has 2 aromatic rings. The predicted octanol–water partition coefficient (Wildman–Crippen LogP) is 2.39. The molecule has 0 bridgehead atoms. The summed E-state index contributed by atoms with van der Waals surface area (Å²) in [5.74, 6) is -1.02. The van der Waals surface area contributed by atoms with E-state index in [0.29, 0.717) is 16.5 Å². The number of imidazole rings is 1. The summed E-state index contributed by atoms with van der Waals surface area (Å²) in [6.07, 6.45) is 4.33. The molecule has 0 aliphatic rings. The van der Waals surface area contributed by atoms with Crippen LogP contribution in [0, 0.1) is 6.92 Å². The molecule has 2 rings (SSSR count). The number of aromatic nitrogens is 2. The Morgan fingerprint density at radius 3 is 3.00 bits per heavy atom. The summed E-state index contributed by atoms with van der Waals surface area (Å²) in [5, 5.41) is 8.86. The summed E-state index contributed by atoms with van der Waals surface area (Å²) in [4.78, 5) is 14.6. The molecule has 0 aromatic carbocycles. The van der Waals surface area contributed by atoms with Gasteiger partial charge in [0.2, 0.25) is 0 Å². The summed E-state index contributed by atoms with van der Waals surface area (Å²) < 4.78 is 1.76. The molecule has 0 unspecified atom stereocenters. The number of pyridine rings is 1. The highest BCUT2D eigenvalue weighted by atomic mass is 35.5. The van der Waals surface area contributed by atoms with E-state index in [1.807, 2.05) is 25.3 Å². The first-order valence-electron chi connectivity index (χ1n) is 4.63. The van der Waals surface area contributed by atoms with Crippen molar-refractivity contribution in [1.29, 1.82) is 0 Å². The average Bonchev–Trinajstić information content (AvgIpc) is 2.51. The highest BCUT2D eigenvalue weighted by Crippen LogP contribution is 2.19. The third kappa shape index (κ3) is 1.92. The molecule has 0 saturated carbocycles. The third-order valence-electron chi connectivity index (χ3n) is 2.14. The molecule has 4 nitrogen and oxygen atoms in total. The molecule has 0 radical (unpaired) electrons. The van der Waals surface area contributed by atoms with E-state index in [4.69, 9.17) is 16.7 Å². The Hall–Kier alpha value is -1.81. The van der Waals surface area contributed by atoms with Gasteiger partial charge in [-0.15, -0.1) is 0 Å². The normalized spacial score (nSPS) is 11.4. The maximum absolute atomic E-state index is 10.4. The number of hydrogen-bond acceptors (Lipinski definition) is 2. The van der Waals surface area contributed by atoms with Crippen molar-refractivity contribution in [3.05, 3.63) is 40.8 Å². The van der Waals surface area contributed by atoms with Gasteiger partial charge in [-0.1, -0.05) is 17.7 Å². The summed E-state index contributed by atoms with van der Waals surface area (Å²) >= 11 is 5.93. The SMILES string of the molecule is Cc1ccc2nc(Cl)c(/C=C/C(=O)O)n2c1. The Bertz CT molecular complexity index is 587. The minimum Gasteiger partial charge on any atom is -0.478 e. The fourth-order valence-corrected chi connectivity index (χ4v) is 1.68. The van der Waals surface area contributed by atoms with Gasteiger partial charge in [-0.25, -0.2) is 9.78 Å². The first-order valence-corrected chi connectivity index (χ1v) is 5.01. The number of fused-ring (bicyclic) bond motifs is 1. The van der Waals surface area contributed by atoms with E-state index < -0.39 is 5.97 Å². The number of carbonyl (C=O) groups is 1. The van der Waals surface area contributed by atoms with E-state index in [9.17, 15) is 4.79 Å². The summed E-state index contributed by atoms with van der Waals surface area (Å²) in [6, 6.07) is 3.75. The molecule has 0 amide bonds. The fourth-order valence-electron chi connectivity index (χ4n) is 1.44. The number of rotatable bonds is 2. The van der Waals surface area contributed by atoms with Crippen LogP contribution in [0.4, 0.5) is 0 Å². The van der Waals surface area contributed by atoms with Crippen molar-refractivity contribution in [2.45, 2.75) is 6.92 Å². The fraction of sp³-hybridized carbons (Fsp3) is 0.0909. The van der Waals surface area contributed by atoms with Crippen LogP contribution in [0.1, 0.15) is 11.3 Å². The van der Waals surface area contributed by atoms with E-state index in [1.54, 1.807) is 4.40 Å². The van der Waals surface area contributed by atoms with Crippen LogP contribution in [0.15, 0.2) is 24.4 Å². The van der Waals surface area contributed by atoms with Gasteiger partial charge < -0.3 is 5.11 Å². The number of carboxylic acids is 1. The predicted molar refractivity (Wildman–Crippen MR) is 61.6 cm³/mol. The second kappa shape index (κ2) is 3.98. The lowest BCUT2D eigenvalue weighted by molar-refractivity contribution is -0.131. The number of aliphatic carboxylic acids is 1. The molecule has 2 aromatic heterocycles. The molecule has 1 N–H and O–H groups in total. The first-order chi connectivity index (χ1) is 7.58. The van der Waals surface area contributed by atoms with E-state index >= 15 is 0 Å². The molecule has 2 heterocycles. The quantitative estimate of drug-likeness (QED) is 0.815. The maximum Gasteiger partial charge on any atom is 0.328 e. The van der Waals surface area contributed by atoms with Crippen molar-refractivity contribution in [3.63, 3.8) is 0 Å². The van der Waals surface area contributed by atoms with Crippen LogP contribution in [0.5, 0.6) is 0 Å². The number of carboxylic acid groups (broad SMARTS) is 1. The van der Waals surface area contributed by atoms with Crippen LogP contribution in [-0.2, 0) is 4.79 Å². The highest BCUT2D eigenvalue weighted by molar-refractivity contribution is 6.31. The molecule has 0 spiro atoms. The van der Waals surface area contributed by atoms with E-state index in [2.05, 4.69) is 4.98 Å². The van der Waals surface area contributed by atoms with Crippen molar-refractivity contribution in [3.8, 4) is 0 Å². The van der Waals surface area contributed by atoms with E-state index in [-0.39, 0.29) is 0 Å². The van der Waals surface area contributed by atoms with E-state index in [0.717, 1.165) is 11.6 Å². The Morgan fingerprint density at radius 1 is 1.56 bits per heavy atom. The van der Waals surface area contributed by atoms with Gasteiger partial charge in [-0.3, -0.25) is 4.40 Å². The largest absolute Gasteiger partial charge is 0.478 e. The Kier molecular flexibility index (Phi) is 2.66. The standard InChI is InChI=1S/C11H9ClN2O2/c1-7-2-4-9-13-11(12)8(14(9)6-7)3-5-10(15)16/h2-6H,1H3,(H,15,16)/b5-3+. The summed E-state index contributed by atoms with van der Waals surface area (Å²) in [6.45, 7) is 1.94. The number of halogens is 1.